The highest BCUT2D eigenvalue weighted by Gasteiger charge is 2.44. The number of hydrogen-bond donors (Lipinski definition) is 1. The first-order chi connectivity index (χ1) is 8.59. The lowest BCUT2D eigenvalue weighted by Gasteiger charge is -2.41. The molecule has 0 spiro atoms. The van der Waals surface area contributed by atoms with Crippen LogP contribution in [-0.4, -0.2) is 24.4 Å². The zero-order valence-corrected chi connectivity index (χ0v) is 11.4. The van der Waals surface area contributed by atoms with Gasteiger partial charge in [-0.1, -0.05) is 36.2 Å². The van der Waals surface area contributed by atoms with Gasteiger partial charge in [-0.2, -0.15) is 0 Å². The molecule has 18 heavy (non-hydrogen) atoms. The second-order valence-corrected chi connectivity index (χ2v) is 5.50. The lowest BCUT2D eigenvalue weighted by Crippen LogP contribution is -2.50. The van der Waals surface area contributed by atoms with Crippen molar-refractivity contribution in [1.82, 2.24) is 4.90 Å². The van der Waals surface area contributed by atoms with Gasteiger partial charge in [0.1, 0.15) is 0 Å². The summed E-state index contributed by atoms with van der Waals surface area (Å²) < 4.78 is 0. The zero-order valence-electron chi connectivity index (χ0n) is 10.7. The zero-order chi connectivity index (χ0) is 13.2. The Morgan fingerprint density at radius 1 is 1.44 bits per heavy atom. The van der Waals surface area contributed by atoms with Gasteiger partial charge in [0.15, 0.2) is 0 Å². The molecule has 1 aliphatic rings. The van der Waals surface area contributed by atoms with Crippen LogP contribution in [0.5, 0.6) is 0 Å². The average molecular weight is 267 g/mol. The van der Waals surface area contributed by atoms with Crippen molar-refractivity contribution in [3.8, 4) is 0 Å². The van der Waals surface area contributed by atoms with E-state index in [4.69, 9.17) is 17.3 Å². The summed E-state index contributed by atoms with van der Waals surface area (Å²) in [6, 6.07) is 7.61. The van der Waals surface area contributed by atoms with Crippen molar-refractivity contribution in [3.05, 3.63) is 34.9 Å². The highest BCUT2D eigenvalue weighted by atomic mass is 35.5. The fourth-order valence-electron chi connectivity index (χ4n) is 2.47. The third-order valence-corrected chi connectivity index (χ3v) is 4.24. The molecule has 1 saturated carbocycles. The van der Waals surface area contributed by atoms with E-state index in [0.717, 1.165) is 24.8 Å². The SMILES string of the molecule is CN(Cc1ccccc1Cl)C(=O)C1(CN)CCC1. The van der Waals surface area contributed by atoms with Crippen molar-refractivity contribution in [1.29, 1.82) is 0 Å². The van der Waals surface area contributed by atoms with Gasteiger partial charge in [-0.05, 0) is 24.5 Å². The van der Waals surface area contributed by atoms with Gasteiger partial charge >= 0.3 is 0 Å². The fourth-order valence-corrected chi connectivity index (χ4v) is 2.66. The first kappa shape index (κ1) is 13.4. The van der Waals surface area contributed by atoms with E-state index < -0.39 is 0 Å². The fraction of sp³-hybridized carbons (Fsp3) is 0.500. The minimum Gasteiger partial charge on any atom is -0.341 e. The summed E-state index contributed by atoms with van der Waals surface area (Å²) in [7, 11) is 1.82. The lowest BCUT2D eigenvalue weighted by molar-refractivity contribution is -0.145. The van der Waals surface area contributed by atoms with Gasteiger partial charge < -0.3 is 10.6 Å². The van der Waals surface area contributed by atoms with E-state index in [-0.39, 0.29) is 11.3 Å². The Balaban J connectivity index is 2.06. The van der Waals surface area contributed by atoms with Gasteiger partial charge in [0.2, 0.25) is 5.91 Å². The second kappa shape index (κ2) is 5.29. The minimum atomic E-state index is -0.310. The quantitative estimate of drug-likeness (QED) is 0.910. The third-order valence-electron chi connectivity index (χ3n) is 3.87. The predicted molar refractivity (Wildman–Crippen MR) is 73.3 cm³/mol. The van der Waals surface area contributed by atoms with E-state index in [0.29, 0.717) is 18.1 Å². The monoisotopic (exact) mass is 266 g/mol. The molecule has 0 heterocycles. The predicted octanol–water partition coefficient (Wildman–Crippen LogP) is 2.43. The minimum absolute atomic E-state index is 0.149. The van der Waals surface area contributed by atoms with E-state index in [1.807, 2.05) is 31.3 Å². The Bertz CT molecular complexity index is 438. The molecule has 0 radical (unpaired) electrons. The summed E-state index contributed by atoms with van der Waals surface area (Å²) in [6.07, 6.45) is 2.92. The lowest BCUT2D eigenvalue weighted by atomic mass is 9.68. The van der Waals surface area contributed by atoms with E-state index in [1.54, 1.807) is 4.90 Å². The molecule has 1 aromatic rings. The Hall–Kier alpha value is -1.06. The Morgan fingerprint density at radius 2 is 2.11 bits per heavy atom. The van der Waals surface area contributed by atoms with Crippen LogP contribution in [0.15, 0.2) is 24.3 Å². The van der Waals surface area contributed by atoms with Crippen LogP contribution < -0.4 is 5.73 Å². The van der Waals surface area contributed by atoms with Crippen molar-refractivity contribution in [2.45, 2.75) is 25.8 Å². The van der Waals surface area contributed by atoms with E-state index in [2.05, 4.69) is 0 Å². The molecule has 0 aliphatic heterocycles. The third kappa shape index (κ3) is 2.38. The maximum atomic E-state index is 12.4. The molecule has 0 atom stereocenters. The smallest absolute Gasteiger partial charge is 0.230 e. The molecule has 1 fully saturated rings. The first-order valence-electron chi connectivity index (χ1n) is 6.28. The number of hydrogen-bond acceptors (Lipinski definition) is 2. The number of halogens is 1. The molecule has 1 aliphatic carbocycles. The van der Waals surface area contributed by atoms with Crippen LogP contribution in [0.3, 0.4) is 0 Å². The Labute approximate surface area is 113 Å². The molecule has 0 unspecified atom stereocenters. The summed E-state index contributed by atoms with van der Waals surface area (Å²) in [4.78, 5) is 14.1. The summed E-state index contributed by atoms with van der Waals surface area (Å²) >= 11 is 6.11. The molecule has 1 amide bonds. The van der Waals surface area contributed by atoms with E-state index >= 15 is 0 Å². The molecule has 1 aromatic carbocycles. The highest BCUT2D eigenvalue weighted by Crippen LogP contribution is 2.41. The Morgan fingerprint density at radius 3 is 2.61 bits per heavy atom. The maximum Gasteiger partial charge on any atom is 0.230 e. The molecule has 2 N–H and O–H groups in total. The van der Waals surface area contributed by atoms with Crippen molar-refractivity contribution >= 4 is 17.5 Å². The molecule has 0 saturated heterocycles. The van der Waals surface area contributed by atoms with E-state index in [1.165, 1.54) is 0 Å². The number of nitrogens with two attached hydrogens (primary N) is 1. The second-order valence-electron chi connectivity index (χ2n) is 5.09. The first-order valence-corrected chi connectivity index (χ1v) is 6.66. The topological polar surface area (TPSA) is 46.3 Å². The molecule has 0 bridgehead atoms. The summed E-state index contributed by atoms with van der Waals surface area (Å²) in [5, 5.41) is 0.701. The molecule has 98 valence electrons. The molecule has 0 aromatic heterocycles. The number of amides is 1. The van der Waals surface area contributed by atoms with Crippen LogP contribution in [0.4, 0.5) is 0 Å². The standard InChI is InChI=1S/C14H19ClN2O/c1-17(9-11-5-2-3-6-12(11)15)13(18)14(10-16)7-4-8-14/h2-3,5-6H,4,7-10,16H2,1H3. The van der Waals surface area contributed by atoms with Crippen molar-refractivity contribution in [2.75, 3.05) is 13.6 Å². The van der Waals surface area contributed by atoms with Crippen LogP contribution in [0.25, 0.3) is 0 Å². The number of nitrogens with zero attached hydrogens (tertiary/aromatic N) is 1. The largest absolute Gasteiger partial charge is 0.341 e. The summed E-state index contributed by atoms with van der Waals surface area (Å²) in [5.74, 6) is 0.149. The molecular formula is C14H19ClN2O. The van der Waals surface area contributed by atoms with E-state index in [9.17, 15) is 4.79 Å². The average Bonchev–Trinajstić information content (AvgIpc) is 2.31. The van der Waals surface area contributed by atoms with Crippen LogP contribution in [0.1, 0.15) is 24.8 Å². The van der Waals surface area contributed by atoms with Gasteiger partial charge in [-0.25, -0.2) is 0 Å². The summed E-state index contributed by atoms with van der Waals surface area (Å²) in [5.41, 5.74) is 6.42. The maximum absolute atomic E-state index is 12.4. The van der Waals surface area contributed by atoms with Crippen molar-refractivity contribution in [2.24, 2.45) is 11.1 Å². The van der Waals surface area contributed by atoms with Gasteiger partial charge in [0.05, 0.1) is 5.41 Å². The van der Waals surface area contributed by atoms with Gasteiger partial charge in [-0.3, -0.25) is 4.79 Å². The normalized spacial score (nSPS) is 17.1. The van der Waals surface area contributed by atoms with Crippen molar-refractivity contribution < 1.29 is 4.79 Å². The summed E-state index contributed by atoms with van der Waals surface area (Å²) in [6.45, 7) is 0.985. The molecule has 2 rings (SSSR count). The van der Waals surface area contributed by atoms with Gasteiger partial charge in [-0.15, -0.1) is 0 Å². The molecule has 3 nitrogen and oxygen atoms in total. The van der Waals surface area contributed by atoms with Crippen LogP contribution >= 0.6 is 11.6 Å². The van der Waals surface area contributed by atoms with Gasteiger partial charge in [0.25, 0.3) is 0 Å². The van der Waals surface area contributed by atoms with Crippen LogP contribution in [-0.2, 0) is 11.3 Å². The number of rotatable bonds is 4. The number of carbonyl (C=O) groups excluding carboxylic acids is 1. The van der Waals surface area contributed by atoms with Gasteiger partial charge in [0, 0.05) is 25.2 Å². The molecule has 4 heteroatoms. The number of benzene rings is 1. The van der Waals surface area contributed by atoms with Crippen LogP contribution in [0.2, 0.25) is 5.02 Å². The Kier molecular flexibility index (Phi) is 3.93. The van der Waals surface area contributed by atoms with Crippen molar-refractivity contribution in [3.63, 3.8) is 0 Å². The number of carbonyl (C=O) groups is 1. The molecular weight excluding hydrogens is 248 g/mol. The van der Waals surface area contributed by atoms with Crippen LogP contribution in [0, 0.1) is 5.41 Å². The highest BCUT2D eigenvalue weighted by molar-refractivity contribution is 6.31.